The Morgan fingerprint density at radius 1 is 1.09 bits per heavy atom. The second kappa shape index (κ2) is 11.9. The summed E-state index contributed by atoms with van der Waals surface area (Å²) in [6.45, 7) is 3.79. The van der Waals surface area contributed by atoms with Crippen molar-refractivity contribution in [2.75, 3.05) is 40.6 Å². The molecular weight excluding hydrogens is 561 g/mol. The first-order valence-corrected chi connectivity index (χ1v) is 12.2. The van der Waals surface area contributed by atoms with Gasteiger partial charge < -0.3 is 18.9 Å². The largest absolute Gasteiger partial charge is 0.493 e. The van der Waals surface area contributed by atoms with Crippen molar-refractivity contribution in [1.82, 2.24) is 4.90 Å². The van der Waals surface area contributed by atoms with Crippen LogP contribution in [0, 0.1) is 10.5 Å². The molecule has 0 aliphatic carbocycles. The molecule has 1 saturated heterocycles. The van der Waals surface area contributed by atoms with Crippen LogP contribution in [0.25, 0.3) is 6.08 Å². The standard InChI is InChI=1S/C23H24INO5S2/c1-15-4-6-17(7-5-15)29-10-8-28-9-11-30-21-18(24)12-16(13-19(21)27-3)14-20-22(26)25(2)23(31)32-20/h4-7,12-14H,8-11H2,1-3H3. The van der Waals surface area contributed by atoms with Gasteiger partial charge in [-0.1, -0.05) is 41.7 Å². The highest BCUT2D eigenvalue weighted by Gasteiger charge is 2.28. The molecule has 0 unspecified atom stereocenters. The Hall–Kier alpha value is -1.82. The van der Waals surface area contributed by atoms with E-state index in [1.165, 1.54) is 22.2 Å². The third kappa shape index (κ3) is 6.60. The highest BCUT2D eigenvalue weighted by Crippen LogP contribution is 2.37. The normalized spacial score (nSPS) is 14.9. The van der Waals surface area contributed by atoms with Crippen molar-refractivity contribution < 1.29 is 23.7 Å². The number of benzene rings is 2. The average Bonchev–Trinajstić information content (AvgIpc) is 3.01. The van der Waals surface area contributed by atoms with E-state index >= 15 is 0 Å². The molecule has 0 aromatic heterocycles. The number of thiocarbonyl (C=S) groups is 1. The molecule has 0 radical (unpaired) electrons. The van der Waals surface area contributed by atoms with Gasteiger partial charge in [0.2, 0.25) is 0 Å². The van der Waals surface area contributed by atoms with Crippen molar-refractivity contribution >= 4 is 62.9 Å². The first-order chi connectivity index (χ1) is 15.4. The van der Waals surface area contributed by atoms with Gasteiger partial charge in [-0.2, -0.15) is 0 Å². The number of methoxy groups -OCH3 is 1. The zero-order valence-corrected chi connectivity index (χ0v) is 21.8. The molecule has 0 bridgehead atoms. The number of ether oxygens (including phenoxy) is 4. The van der Waals surface area contributed by atoms with E-state index < -0.39 is 0 Å². The molecule has 32 heavy (non-hydrogen) atoms. The Labute approximate surface area is 211 Å². The maximum absolute atomic E-state index is 12.2. The summed E-state index contributed by atoms with van der Waals surface area (Å²) in [5.74, 6) is 1.97. The lowest BCUT2D eigenvalue weighted by Gasteiger charge is -2.14. The molecule has 170 valence electrons. The smallest absolute Gasteiger partial charge is 0.265 e. The molecule has 1 heterocycles. The molecule has 0 atom stereocenters. The molecule has 1 aliphatic rings. The molecule has 1 amide bonds. The second-order valence-electron chi connectivity index (χ2n) is 6.90. The van der Waals surface area contributed by atoms with Gasteiger partial charge in [0.05, 0.1) is 28.8 Å². The molecule has 0 N–H and O–H groups in total. The number of carbonyl (C=O) groups is 1. The van der Waals surface area contributed by atoms with Crippen molar-refractivity contribution in [3.63, 3.8) is 0 Å². The first-order valence-electron chi connectivity index (χ1n) is 9.88. The van der Waals surface area contributed by atoms with Gasteiger partial charge in [0.1, 0.15) is 23.3 Å². The number of amides is 1. The van der Waals surface area contributed by atoms with Crippen molar-refractivity contribution in [3.05, 3.63) is 56.0 Å². The van der Waals surface area contributed by atoms with Gasteiger partial charge in [-0.15, -0.1) is 0 Å². The van der Waals surface area contributed by atoms with Crippen LogP contribution in [-0.4, -0.2) is 55.7 Å². The van der Waals surface area contributed by atoms with E-state index in [9.17, 15) is 4.79 Å². The van der Waals surface area contributed by atoms with Crippen molar-refractivity contribution in [1.29, 1.82) is 0 Å². The van der Waals surface area contributed by atoms with E-state index in [0.29, 0.717) is 47.2 Å². The minimum absolute atomic E-state index is 0.0993. The number of carbonyl (C=O) groups excluding carboxylic acids is 1. The minimum Gasteiger partial charge on any atom is -0.493 e. The maximum atomic E-state index is 12.2. The van der Waals surface area contributed by atoms with E-state index in [1.54, 1.807) is 14.2 Å². The molecule has 2 aromatic carbocycles. The fourth-order valence-electron chi connectivity index (χ4n) is 2.82. The number of rotatable bonds is 10. The van der Waals surface area contributed by atoms with Crippen molar-refractivity contribution in [3.8, 4) is 17.2 Å². The van der Waals surface area contributed by atoms with E-state index in [-0.39, 0.29) is 5.91 Å². The monoisotopic (exact) mass is 585 g/mol. The van der Waals surface area contributed by atoms with Crippen molar-refractivity contribution in [2.24, 2.45) is 0 Å². The van der Waals surface area contributed by atoms with E-state index in [4.69, 9.17) is 31.2 Å². The number of thioether (sulfide) groups is 1. The molecule has 2 aromatic rings. The van der Waals surface area contributed by atoms with Crippen LogP contribution in [0.3, 0.4) is 0 Å². The summed E-state index contributed by atoms with van der Waals surface area (Å²) in [6, 6.07) is 11.7. The van der Waals surface area contributed by atoms with Crippen LogP contribution in [0.15, 0.2) is 41.3 Å². The molecule has 0 spiro atoms. The fraction of sp³-hybridized carbons (Fsp3) is 0.304. The number of likely N-dealkylation sites (N-methyl/N-ethyl adjacent to an activating group) is 1. The number of hydrogen-bond donors (Lipinski definition) is 0. The Bertz CT molecular complexity index is 1010. The maximum Gasteiger partial charge on any atom is 0.265 e. The lowest BCUT2D eigenvalue weighted by molar-refractivity contribution is -0.121. The topological polar surface area (TPSA) is 57.2 Å². The first kappa shape index (κ1) is 24.8. The molecule has 1 fully saturated rings. The number of halogens is 1. The highest BCUT2D eigenvalue weighted by atomic mass is 127. The van der Waals surface area contributed by atoms with Crippen LogP contribution in [-0.2, 0) is 9.53 Å². The third-order valence-corrected chi connectivity index (χ3v) is 6.81. The fourth-order valence-corrected chi connectivity index (χ4v) is 4.78. The predicted octanol–water partition coefficient (Wildman–Crippen LogP) is 4.91. The number of aryl methyl sites for hydroxylation is 1. The van der Waals surface area contributed by atoms with Crippen LogP contribution in [0.2, 0.25) is 0 Å². The second-order valence-corrected chi connectivity index (χ2v) is 9.74. The summed E-state index contributed by atoms with van der Waals surface area (Å²) >= 11 is 8.67. The van der Waals surface area contributed by atoms with Crippen LogP contribution in [0.1, 0.15) is 11.1 Å². The molecule has 3 rings (SSSR count). The Kier molecular flexibility index (Phi) is 9.21. The van der Waals surface area contributed by atoms with Crippen molar-refractivity contribution in [2.45, 2.75) is 6.92 Å². The van der Waals surface area contributed by atoms with E-state index in [0.717, 1.165) is 14.9 Å². The summed E-state index contributed by atoms with van der Waals surface area (Å²) in [5.41, 5.74) is 2.04. The van der Waals surface area contributed by atoms with Gasteiger partial charge in [0.15, 0.2) is 11.5 Å². The van der Waals surface area contributed by atoms with Gasteiger partial charge in [-0.25, -0.2) is 0 Å². The Morgan fingerprint density at radius 2 is 1.78 bits per heavy atom. The van der Waals surface area contributed by atoms with E-state index in [1.807, 2.05) is 49.4 Å². The van der Waals surface area contributed by atoms with Crippen LogP contribution in [0.4, 0.5) is 0 Å². The van der Waals surface area contributed by atoms with Gasteiger partial charge >= 0.3 is 0 Å². The number of nitrogens with zero attached hydrogens (tertiary/aromatic N) is 1. The molecular formula is C23H24INO5S2. The van der Waals surface area contributed by atoms with Gasteiger partial charge in [0.25, 0.3) is 5.91 Å². The summed E-state index contributed by atoms with van der Waals surface area (Å²) in [4.78, 5) is 14.3. The van der Waals surface area contributed by atoms with E-state index in [2.05, 4.69) is 22.6 Å². The predicted molar refractivity (Wildman–Crippen MR) is 140 cm³/mol. The lowest BCUT2D eigenvalue weighted by atomic mass is 10.2. The summed E-state index contributed by atoms with van der Waals surface area (Å²) in [7, 11) is 3.27. The van der Waals surface area contributed by atoms with Gasteiger partial charge in [-0.05, 0) is 65.4 Å². The number of hydrogen-bond acceptors (Lipinski definition) is 7. The molecule has 6 nitrogen and oxygen atoms in total. The molecule has 9 heteroatoms. The Balaban J connectivity index is 1.49. The quantitative estimate of drug-likeness (QED) is 0.170. The average molecular weight is 585 g/mol. The SMILES string of the molecule is COc1cc(C=C2SC(=S)N(C)C2=O)cc(I)c1OCCOCCOc1ccc(C)cc1. The Morgan fingerprint density at radius 3 is 2.41 bits per heavy atom. The summed E-state index contributed by atoms with van der Waals surface area (Å²) in [6.07, 6.45) is 1.81. The van der Waals surface area contributed by atoms with Crippen LogP contribution < -0.4 is 14.2 Å². The summed E-state index contributed by atoms with van der Waals surface area (Å²) in [5, 5.41) is 0. The van der Waals surface area contributed by atoms with Gasteiger partial charge in [0, 0.05) is 7.05 Å². The lowest BCUT2D eigenvalue weighted by Crippen LogP contribution is -2.22. The zero-order valence-electron chi connectivity index (χ0n) is 18.1. The van der Waals surface area contributed by atoms with Gasteiger partial charge in [-0.3, -0.25) is 9.69 Å². The third-order valence-electron chi connectivity index (χ3n) is 4.53. The van der Waals surface area contributed by atoms with Crippen LogP contribution >= 0.6 is 46.6 Å². The minimum atomic E-state index is -0.0993. The summed E-state index contributed by atoms with van der Waals surface area (Å²) < 4.78 is 24.1. The highest BCUT2D eigenvalue weighted by molar-refractivity contribution is 14.1. The molecule has 1 aliphatic heterocycles. The molecule has 0 saturated carbocycles. The zero-order chi connectivity index (χ0) is 23.1. The van der Waals surface area contributed by atoms with Crippen LogP contribution in [0.5, 0.6) is 17.2 Å².